The van der Waals surface area contributed by atoms with Crippen molar-refractivity contribution in [3.8, 4) is 0 Å². The number of carbonyl (C=O) groups excluding carboxylic acids is 4. The van der Waals surface area contributed by atoms with Gasteiger partial charge in [0.2, 0.25) is 11.9 Å². The standard InChI is InChI=1S/C33H49N7O6/c1-3-45-30(43)33(12-4-5-13-33)29(42)40-18-10-11-25(40)23-46-32(44)39-21-19-37(20-22-39)28-26(24(2)41)27(36-14-6-7-15-36)34-31(35-28)38-16-8-9-17-38/h25H,3-23H2,1-2H3. The zero-order valence-corrected chi connectivity index (χ0v) is 27.5. The van der Waals surface area contributed by atoms with Gasteiger partial charge in [-0.3, -0.25) is 14.4 Å². The van der Waals surface area contributed by atoms with Crippen LogP contribution in [-0.4, -0.2) is 122 Å². The third-order valence-corrected chi connectivity index (χ3v) is 10.4. The summed E-state index contributed by atoms with van der Waals surface area (Å²) in [5.41, 5.74) is -0.545. The Balaban J connectivity index is 1.10. The fraction of sp³-hybridized carbons (Fsp3) is 0.758. The highest BCUT2D eigenvalue weighted by molar-refractivity contribution is 6.04. The van der Waals surface area contributed by atoms with Crippen molar-refractivity contribution in [2.45, 2.75) is 84.1 Å². The molecular formula is C33H49N7O6. The number of hydrogen-bond donors (Lipinski definition) is 0. The molecule has 5 fully saturated rings. The van der Waals surface area contributed by atoms with Crippen LogP contribution in [0.3, 0.4) is 0 Å². The van der Waals surface area contributed by atoms with Crippen LogP contribution in [0.5, 0.6) is 0 Å². The Morgan fingerprint density at radius 1 is 0.739 bits per heavy atom. The van der Waals surface area contributed by atoms with Crippen LogP contribution in [0.25, 0.3) is 0 Å². The first-order valence-corrected chi connectivity index (χ1v) is 17.4. The van der Waals surface area contributed by atoms with Crippen LogP contribution in [0.15, 0.2) is 0 Å². The minimum Gasteiger partial charge on any atom is -0.465 e. The highest BCUT2D eigenvalue weighted by Crippen LogP contribution is 2.42. The Morgan fingerprint density at radius 3 is 1.91 bits per heavy atom. The molecule has 1 saturated carbocycles. The molecule has 13 heteroatoms. The Morgan fingerprint density at radius 2 is 1.33 bits per heavy atom. The number of hydrogen-bond acceptors (Lipinski definition) is 11. The van der Waals surface area contributed by atoms with Gasteiger partial charge in [0, 0.05) is 58.9 Å². The van der Waals surface area contributed by atoms with Gasteiger partial charge in [0.1, 0.15) is 29.2 Å². The van der Waals surface area contributed by atoms with Crippen LogP contribution < -0.4 is 14.7 Å². The lowest BCUT2D eigenvalue weighted by Gasteiger charge is -2.37. The lowest BCUT2D eigenvalue weighted by molar-refractivity contribution is -0.165. The Hall–Kier alpha value is -3.64. The lowest BCUT2D eigenvalue weighted by Crippen LogP contribution is -2.52. The van der Waals surface area contributed by atoms with Gasteiger partial charge in [0.05, 0.1) is 12.6 Å². The van der Waals surface area contributed by atoms with Gasteiger partial charge in [-0.25, -0.2) is 4.79 Å². The molecule has 252 valence electrons. The number of anilines is 3. The summed E-state index contributed by atoms with van der Waals surface area (Å²) in [7, 11) is 0. The van der Waals surface area contributed by atoms with E-state index in [4.69, 9.17) is 19.4 Å². The summed E-state index contributed by atoms with van der Waals surface area (Å²) in [5.74, 6) is 1.42. The van der Waals surface area contributed by atoms with Gasteiger partial charge in [0.25, 0.3) is 0 Å². The van der Waals surface area contributed by atoms with Crippen molar-refractivity contribution >= 4 is 41.3 Å². The van der Waals surface area contributed by atoms with Gasteiger partial charge >= 0.3 is 12.1 Å². The molecule has 0 spiro atoms. The number of rotatable bonds is 9. The maximum absolute atomic E-state index is 13.7. The summed E-state index contributed by atoms with van der Waals surface area (Å²) in [5, 5.41) is 0. The smallest absolute Gasteiger partial charge is 0.409 e. The molecule has 0 N–H and O–H groups in total. The third kappa shape index (κ3) is 6.33. The minimum absolute atomic E-state index is 0.0512. The number of nitrogens with zero attached hydrogens (tertiary/aromatic N) is 7. The predicted molar refractivity (Wildman–Crippen MR) is 172 cm³/mol. The molecule has 4 aliphatic heterocycles. The number of piperazine rings is 1. The molecule has 1 unspecified atom stereocenters. The van der Waals surface area contributed by atoms with Crippen molar-refractivity contribution in [2.75, 3.05) is 86.8 Å². The van der Waals surface area contributed by atoms with Crippen molar-refractivity contribution < 1.29 is 28.7 Å². The number of ketones is 1. The van der Waals surface area contributed by atoms with E-state index in [0.717, 1.165) is 83.4 Å². The molecule has 0 bridgehead atoms. The average Bonchev–Trinajstić information content (AvgIpc) is 3.91. The number of carbonyl (C=O) groups is 4. The van der Waals surface area contributed by atoms with Gasteiger partial charge in [0.15, 0.2) is 5.78 Å². The van der Waals surface area contributed by atoms with E-state index >= 15 is 0 Å². The predicted octanol–water partition coefficient (Wildman–Crippen LogP) is 3.25. The monoisotopic (exact) mass is 639 g/mol. The van der Waals surface area contributed by atoms with E-state index in [9.17, 15) is 19.2 Å². The molecular weight excluding hydrogens is 590 g/mol. The van der Waals surface area contributed by atoms with Crippen LogP contribution in [0.2, 0.25) is 0 Å². The van der Waals surface area contributed by atoms with E-state index in [1.807, 2.05) is 0 Å². The minimum atomic E-state index is -1.11. The summed E-state index contributed by atoms with van der Waals surface area (Å²) in [6, 6.07) is -0.253. The van der Waals surface area contributed by atoms with Crippen LogP contribution in [0, 0.1) is 5.41 Å². The molecule has 46 heavy (non-hydrogen) atoms. The number of Topliss-reactive ketones (excluding diaryl/α,β-unsaturated/α-hetero) is 1. The zero-order chi connectivity index (χ0) is 32.3. The van der Waals surface area contributed by atoms with Crippen molar-refractivity contribution in [1.82, 2.24) is 19.8 Å². The quantitative estimate of drug-likeness (QED) is 0.224. The molecule has 5 aliphatic rings. The SMILES string of the molecule is CCOC(=O)C1(C(=O)N2CCCC2COC(=O)N2CCN(c3nc(N4CCCC4)nc(N4CCCC4)c3C(C)=O)CC2)CCCC1. The molecule has 1 atom stereocenters. The van der Waals surface area contributed by atoms with E-state index in [2.05, 4.69) is 14.7 Å². The van der Waals surface area contributed by atoms with Crippen molar-refractivity contribution in [3.63, 3.8) is 0 Å². The summed E-state index contributed by atoms with van der Waals surface area (Å²) < 4.78 is 11.1. The van der Waals surface area contributed by atoms with Crippen molar-refractivity contribution in [3.05, 3.63) is 5.56 Å². The van der Waals surface area contributed by atoms with Gasteiger partial charge < -0.3 is 34.0 Å². The van der Waals surface area contributed by atoms with E-state index in [1.165, 1.54) is 0 Å². The van der Waals surface area contributed by atoms with Gasteiger partial charge in [-0.1, -0.05) is 12.8 Å². The molecule has 0 aromatic carbocycles. The molecule has 1 aliphatic carbocycles. The first-order chi connectivity index (χ1) is 22.3. The highest BCUT2D eigenvalue weighted by atomic mass is 16.6. The van der Waals surface area contributed by atoms with E-state index in [1.54, 1.807) is 23.6 Å². The molecule has 0 radical (unpaired) electrons. The highest BCUT2D eigenvalue weighted by Gasteiger charge is 2.52. The average molecular weight is 640 g/mol. The molecule has 4 saturated heterocycles. The molecule has 2 amide bonds. The number of ether oxygens (including phenoxy) is 2. The zero-order valence-electron chi connectivity index (χ0n) is 27.5. The largest absolute Gasteiger partial charge is 0.465 e. The Labute approximate surface area is 271 Å². The van der Waals surface area contributed by atoms with Crippen molar-refractivity contribution in [2.24, 2.45) is 5.41 Å². The van der Waals surface area contributed by atoms with Crippen molar-refractivity contribution in [1.29, 1.82) is 0 Å². The second-order valence-electron chi connectivity index (χ2n) is 13.3. The second kappa shape index (κ2) is 14.0. The molecule has 6 rings (SSSR count). The molecule has 1 aromatic heterocycles. The number of esters is 1. The Bertz CT molecular complexity index is 1300. The molecule has 5 heterocycles. The maximum atomic E-state index is 13.7. The molecule has 1 aromatic rings. The summed E-state index contributed by atoms with van der Waals surface area (Å²) >= 11 is 0. The fourth-order valence-electron chi connectivity index (χ4n) is 7.85. The Kier molecular flexibility index (Phi) is 9.84. The first-order valence-electron chi connectivity index (χ1n) is 17.4. The third-order valence-electron chi connectivity index (χ3n) is 10.4. The second-order valence-corrected chi connectivity index (χ2v) is 13.3. The maximum Gasteiger partial charge on any atom is 0.409 e. The van der Waals surface area contributed by atoms with Gasteiger partial charge in [-0.05, 0) is 65.2 Å². The number of amides is 2. The fourth-order valence-corrected chi connectivity index (χ4v) is 7.85. The van der Waals surface area contributed by atoms with Crippen LogP contribution >= 0.6 is 0 Å². The van der Waals surface area contributed by atoms with Crippen LogP contribution in [0.4, 0.5) is 22.4 Å². The van der Waals surface area contributed by atoms with Gasteiger partial charge in [-0.2, -0.15) is 9.97 Å². The van der Waals surface area contributed by atoms with Crippen LogP contribution in [0.1, 0.15) is 88.4 Å². The van der Waals surface area contributed by atoms with Crippen LogP contribution in [-0.2, 0) is 19.1 Å². The normalized spacial score (nSPS) is 22.9. The van der Waals surface area contributed by atoms with E-state index in [-0.39, 0.29) is 30.9 Å². The summed E-state index contributed by atoms with van der Waals surface area (Å²) in [6.07, 6.45) is 8.16. The summed E-state index contributed by atoms with van der Waals surface area (Å²) in [4.78, 5) is 72.8. The summed E-state index contributed by atoms with van der Waals surface area (Å²) in [6.45, 7) is 9.70. The topological polar surface area (TPSA) is 129 Å². The van der Waals surface area contributed by atoms with E-state index in [0.29, 0.717) is 62.9 Å². The lowest BCUT2D eigenvalue weighted by atomic mass is 9.84. The molecule has 13 nitrogen and oxygen atoms in total. The van der Waals surface area contributed by atoms with E-state index < -0.39 is 17.5 Å². The number of aromatic nitrogens is 2. The number of likely N-dealkylation sites (tertiary alicyclic amines) is 1. The first kappa shape index (κ1) is 32.3. The van der Waals surface area contributed by atoms with Gasteiger partial charge in [-0.15, -0.1) is 0 Å².